The summed E-state index contributed by atoms with van der Waals surface area (Å²) in [5.41, 5.74) is 0.589. The standard InChI is InChI=1S/C25H24FN5O5/c1-25(24(34)28-11-15-3-6-17(26)7-4-15)13-31-19(23(33)30(25)2)10-18(29-31)22(32)27-12-16-5-8-20-21(9-16)36-14-35-20/h3-10H,11-14H2,1-2H3,(H,27,32)(H,28,34)/t25-/m0/s1. The Kier molecular flexibility index (Phi) is 5.83. The van der Waals surface area contributed by atoms with Crippen molar-refractivity contribution in [2.75, 3.05) is 13.8 Å². The SMILES string of the molecule is CN1C(=O)c2cc(C(=O)NCc3ccc4c(c3)OCO4)nn2C[C@@]1(C)C(=O)NCc1ccc(F)cc1. The summed E-state index contributed by atoms with van der Waals surface area (Å²) in [7, 11) is 1.54. The molecule has 2 N–H and O–H groups in total. The Morgan fingerprint density at radius 2 is 1.72 bits per heavy atom. The number of hydrogen-bond donors (Lipinski definition) is 2. The maximum atomic E-state index is 13.1. The van der Waals surface area contributed by atoms with Crippen molar-refractivity contribution in [3.05, 3.63) is 76.9 Å². The highest BCUT2D eigenvalue weighted by Crippen LogP contribution is 2.32. The van der Waals surface area contributed by atoms with Crippen molar-refractivity contribution >= 4 is 17.7 Å². The Balaban J connectivity index is 1.27. The largest absolute Gasteiger partial charge is 0.454 e. The molecule has 5 rings (SSSR count). The lowest BCUT2D eigenvalue weighted by Gasteiger charge is -2.40. The number of benzene rings is 2. The van der Waals surface area contributed by atoms with Gasteiger partial charge in [0.05, 0.1) is 6.54 Å². The van der Waals surface area contributed by atoms with Gasteiger partial charge in [0.2, 0.25) is 12.7 Å². The second-order valence-electron chi connectivity index (χ2n) is 8.89. The number of hydrogen-bond acceptors (Lipinski definition) is 6. The van der Waals surface area contributed by atoms with Gasteiger partial charge in [-0.3, -0.25) is 19.1 Å². The molecule has 0 saturated heterocycles. The molecular formula is C25H24FN5O5. The van der Waals surface area contributed by atoms with E-state index in [9.17, 15) is 18.8 Å². The lowest BCUT2D eigenvalue weighted by atomic mass is 9.96. The maximum Gasteiger partial charge on any atom is 0.272 e. The number of fused-ring (bicyclic) bond motifs is 2. The van der Waals surface area contributed by atoms with Gasteiger partial charge in [0.25, 0.3) is 11.8 Å². The number of nitrogens with one attached hydrogen (secondary N) is 2. The van der Waals surface area contributed by atoms with E-state index in [1.807, 2.05) is 6.07 Å². The minimum atomic E-state index is -1.24. The Morgan fingerprint density at radius 3 is 2.50 bits per heavy atom. The van der Waals surface area contributed by atoms with Crippen LogP contribution < -0.4 is 20.1 Å². The Labute approximate surface area is 206 Å². The average Bonchev–Trinajstić information content (AvgIpc) is 3.52. The number of aromatic nitrogens is 2. The predicted molar refractivity (Wildman–Crippen MR) is 125 cm³/mol. The van der Waals surface area contributed by atoms with Crippen LogP contribution in [0.4, 0.5) is 4.39 Å². The normalized spacial score (nSPS) is 18.1. The van der Waals surface area contributed by atoms with Gasteiger partial charge < -0.3 is 25.0 Å². The molecule has 0 fully saturated rings. The number of halogens is 1. The monoisotopic (exact) mass is 493 g/mol. The molecule has 2 aromatic carbocycles. The zero-order chi connectivity index (χ0) is 25.4. The summed E-state index contributed by atoms with van der Waals surface area (Å²) in [6, 6.07) is 12.6. The zero-order valence-corrected chi connectivity index (χ0v) is 19.7. The van der Waals surface area contributed by atoms with E-state index in [1.54, 1.807) is 31.2 Å². The van der Waals surface area contributed by atoms with Gasteiger partial charge in [0.1, 0.15) is 17.1 Å². The quantitative estimate of drug-likeness (QED) is 0.542. The van der Waals surface area contributed by atoms with E-state index in [2.05, 4.69) is 15.7 Å². The summed E-state index contributed by atoms with van der Waals surface area (Å²) in [5.74, 6) is -0.367. The molecule has 3 amide bonds. The second-order valence-corrected chi connectivity index (χ2v) is 8.89. The highest BCUT2D eigenvalue weighted by Gasteiger charge is 2.46. The fourth-order valence-electron chi connectivity index (χ4n) is 4.14. The Hall–Kier alpha value is -4.41. The fourth-order valence-corrected chi connectivity index (χ4v) is 4.14. The molecule has 0 aliphatic carbocycles. The smallest absolute Gasteiger partial charge is 0.272 e. The van der Waals surface area contributed by atoms with Crippen LogP contribution in [0.2, 0.25) is 0 Å². The summed E-state index contributed by atoms with van der Waals surface area (Å²) in [6.07, 6.45) is 0. The molecule has 0 bridgehead atoms. The minimum Gasteiger partial charge on any atom is -0.454 e. The van der Waals surface area contributed by atoms with Crippen LogP contribution in [0.15, 0.2) is 48.5 Å². The molecule has 11 heteroatoms. The van der Waals surface area contributed by atoms with Gasteiger partial charge >= 0.3 is 0 Å². The number of amides is 3. The fraction of sp³-hybridized carbons (Fsp3) is 0.280. The third kappa shape index (κ3) is 4.23. The molecule has 10 nitrogen and oxygen atoms in total. The highest BCUT2D eigenvalue weighted by atomic mass is 19.1. The van der Waals surface area contributed by atoms with Gasteiger partial charge in [0, 0.05) is 26.2 Å². The lowest BCUT2D eigenvalue weighted by molar-refractivity contribution is -0.132. The molecule has 2 aliphatic heterocycles. The first kappa shape index (κ1) is 23.3. The lowest BCUT2D eigenvalue weighted by Crippen LogP contribution is -2.62. The van der Waals surface area contributed by atoms with Crippen LogP contribution in [0, 0.1) is 5.82 Å². The number of rotatable bonds is 6. The van der Waals surface area contributed by atoms with E-state index in [0.29, 0.717) is 11.5 Å². The van der Waals surface area contributed by atoms with E-state index >= 15 is 0 Å². The third-order valence-electron chi connectivity index (χ3n) is 6.48. The van der Waals surface area contributed by atoms with Crippen LogP contribution in [0.5, 0.6) is 11.5 Å². The number of nitrogens with zero attached hydrogens (tertiary/aromatic N) is 3. The average molecular weight is 493 g/mol. The van der Waals surface area contributed by atoms with Gasteiger partial charge in [-0.2, -0.15) is 5.10 Å². The number of carbonyl (C=O) groups excluding carboxylic acids is 3. The van der Waals surface area contributed by atoms with Gasteiger partial charge in [-0.1, -0.05) is 18.2 Å². The van der Waals surface area contributed by atoms with Gasteiger partial charge in [-0.15, -0.1) is 0 Å². The van der Waals surface area contributed by atoms with Crippen molar-refractivity contribution < 1.29 is 28.2 Å². The van der Waals surface area contributed by atoms with Crippen molar-refractivity contribution in [3.8, 4) is 11.5 Å². The first-order valence-corrected chi connectivity index (χ1v) is 11.3. The van der Waals surface area contributed by atoms with Crippen LogP contribution in [0.1, 0.15) is 39.0 Å². The summed E-state index contributed by atoms with van der Waals surface area (Å²) < 4.78 is 25.2. The topological polar surface area (TPSA) is 115 Å². The Morgan fingerprint density at radius 1 is 1.03 bits per heavy atom. The van der Waals surface area contributed by atoms with E-state index in [-0.39, 0.29) is 43.6 Å². The van der Waals surface area contributed by atoms with Gasteiger partial charge in [0.15, 0.2) is 17.2 Å². The molecular weight excluding hydrogens is 469 g/mol. The predicted octanol–water partition coefficient (Wildman–Crippen LogP) is 1.84. The van der Waals surface area contributed by atoms with Crippen LogP contribution in [-0.2, 0) is 24.4 Å². The number of likely N-dealkylation sites (N-methyl/N-ethyl adjacent to an activating group) is 1. The van der Waals surface area contributed by atoms with Crippen molar-refractivity contribution in [1.82, 2.24) is 25.3 Å². The highest BCUT2D eigenvalue weighted by molar-refractivity contribution is 6.01. The van der Waals surface area contributed by atoms with Crippen molar-refractivity contribution in [3.63, 3.8) is 0 Å². The van der Waals surface area contributed by atoms with E-state index in [0.717, 1.165) is 11.1 Å². The first-order valence-electron chi connectivity index (χ1n) is 11.3. The molecule has 0 unspecified atom stereocenters. The first-order chi connectivity index (χ1) is 17.2. The number of carbonyl (C=O) groups is 3. The molecule has 3 heterocycles. The molecule has 36 heavy (non-hydrogen) atoms. The summed E-state index contributed by atoms with van der Waals surface area (Å²) >= 11 is 0. The molecule has 0 saturated carbocycles. The molecule has 1 aromatic heterocycles. The summed E-state index contributed by atoms with van der Waals surface area (Å²) in [5, 5.41) is 9.89. The summed E-state index contributed by atoms with van der Waals surface area (Å²) in [4.78, 5) is 40.3. The molecule has 0 radical (unpaired) electrons. The van der Waals surface area contributed by atoms with Crippen molar-refractivity contribution in [1.29, 1.82) is 0 Å². The zero-order valence-electron chi connectivity index (χ0n) is 19.7. The van der Waals surface area contributed by atoms with Crippen LogP contribution in [0.3, 0.4) is 0 Å². The number of ether oxygens (including phenoxy) is 2. The maximum absolute atomic E-state index is 13.1. The molecule has 186 valence electrons. The Bertz CT molecular complexity index is 1360. The molecule has 0 spiro atoms. The minimum absolute atomic E-state index is 0.0647. The van der Waals surface area contributed by atoms with Crippen molar-refractivity contribution in [2.45, 2.75) is 32.1 Å². The van der Waals surface area contributed by atoms with E-state index in [4.69, 9.17) is 9.47 Å². The third-order valence-corrected chi connectivity index (χ3v) is 6.48. The van der Waals surface area contributed by atoms with Crippen LogP contribution in [-0.4, -0.2) is 51.8 Å². The molecule has 1 atom stereocenters. The van der Waals surface area contributed by atoms with Crippen LogP contribution >= 0.6 is 0 Å². The van der Waals surface area contributed by atoms with Gasteiger partial charge in [-0.05, 0) is 42.3 Å². The van der Waals surface area contributed by atoms with E-state index in [1.165, 1.54) is 34.8 Å². The van der Waals surface area contributed by atoms with E-state index < -0.39 is 23.3 Å². The van der Waals surface area contributed by atoms with Crippen molar-refractivity contribution in [2.24, 2.45) is 0 Å². The van der Waals surface area contributed by atoms with Gasteiger partial charge in [-0.25, -0.2) is 4.39 Å². The molecule has 3 aromatic rings. The summed E-state index contributed by atoms with van der Waals surface area (Å²) in [6.45, 7) is 2.27. The van der Waals surface area contributed by atoms with Crippen LogP contribution in [0.25, 0.3) is 0 Å². The second kappa shape index (κ2) is 8.99. The molecule has 2 aliphatic rings.